The van der Waals surface area contributed by atoms with Gasteiger partial charge in [-0.05, 0) is 51.4 Å². The number of hydrogen-bond donors (Lipinski definition) is 1. The van der Waals surface area contributed by atoms with Gasteiger partial charge in [-0.1, -0.05) is 217 Å². The lowest BCUT2D eigenvalue weighted by molar-refractivity contribution is -0.347. The molecule has 7 aromatic carbocycles. The predicted octanol–water partition coefficient (Wildman–Crippen LogP) is 10.3. The van der Waals surface area contributed by atoms with Crippen molar-refractivity contribution in [3.8, 4) is 0 Å². The highest BCUT2D eigenvalue weighted by atomic mass is 35.5. The van der Waals surface area contributed by atoms with Crippen molar-refractivity contribution in [1.29, 1.82) is 0 Å². The van der Waals surface area contributed by atoms with Crippen LogP contribution in [-0.4, -0.2) is 141 Å². The number of ether oxygens (including phenoxy) is 15. The maximum absolute atomic E-state index is 14.9. The third-order valence-corrected chi connectivity index (χ3v) is 16.7. The first-order valence-electron chi connectivity index (χ1n) is 31.9. The van der Waals surface area contributed by atoms with Crippen LogP contribution in [0.25, 0.3) is 10.4 Å². The van der Waals surface area contributed by atoms with Gasteiger partial charge in [0.05, 0.1) is 64.5 Å². The third-order valence-electron chi connectivity index (χ3n) is 16.4. The zero-order chi connectivity index (χ0) is 67.1. The minimum Gasteiger partial charge on any atom is -0.459 e. The maximum Gasteiger partial charge on any atom is 0.407 e. The summed E-state index contributed by atoms with van der Waals surface area (Å²) < 4.78 is 97.1. The molecule has 4 aliphatic rings. The highest BCUT2D eigenvalue weighted by Crippen LogP contribution is 2.40. The van der Waals surface area contributed by atoms with Gasteiger partial charge in [-0.25, -0.2) is 14.4 Å². The molecule has 7 aromatic rings. The van der Waals surface area contributed by atoms with Gasteiger partial charge in [0.2, 0.25) is 0 Å². The molecule has 4 fully saturated rings. The molecule has 0 radical (unpaired) electrons. The van der Waals surface area contributed by atoms with Gasteiger partial charge >= 0.3 is 24.0 Å². The fraction of sp³-hybridized carbons (Fsp3) is 0.370. The molecule has 0 aromatic heterocycles. The lowest BCUT2D eigenvalue weighted by Crippen LogP contribution is -2.68. The molecule has 4 heterocycles. The quantitative estimate of drug-likeness (QED) is 0.0103. The average molecular weight is 1350 g/mol. The molecule has 4 saturated heterocycles. The van der Waals surface area contributed by atoms with Crippen LogP contribution in [0.5, 0.6) is 0 Å². The van der Waals surface area contributed by atoms with Crippen molar-refractivity contribution in [3.63, 3.8) is 0 Å². The van der Waals surface area contributed by atoms with Gasteiger partial charge in [-0.2, -0.15) is 0 Å². The molecule has 16 atom stereocenters. The molecule has 0 aliphatic carbocycles. The normalized spacial score (nSPS) is 26.1. The number of azide groups is 1. The Morgan fingerprint density at radius 3 is 1.52 bits per heavy atom. The SMILES string of the molecule is C[C@H]1O[C@H](O[C@@H]2[C@@H]3OC(=O)[C@H]2O[C@H](OC[C@@H](COCc2ccccc2)OCc2ccccc2)[C@@H]3OCc2ccccc2)[C@H](N=[N+]=[N-])[C@@H](O[C@H]2O[C@H](C(=O)OCc3ccccc3)[C@H](OCc3ccccc3)[C@H](OC(=O)CCl)[C@H]2OCc2ccccc2)[C@H]1NC(=O)OCc1ccccc1. The van der Waals surface area contributed by atoms with Crippen LogP contribution in [0.1, 0.15) is 45.9 Å². The van der Waals surface area contributed by atoms with Gasteiger partial charge in [0.25, 0.3) is 0 Å². The topological polar surface area (TPSA) is 268 Å². The first kappa shape index (κ1) is 69.7. The Morgan fingerprint density at radius 2 is 0.990 bits per heavy atom. The van der Waals surface area contributed by atoms with Crippen LogP contribution in [0.2, 0.25) is 0 Å². The molecule has 1 amide bonds. The Balaban J connectivity index is 0.924. The number of carbonyl (C=O) groups excluding carboxylic acids is 4. The summed E-state index contributed by atoms with van der Waals surface area (Å²) in [5.41, 5.74) is 16.0. The number of alkyl carbamates (subject to hydrolysis) is 1. The first-order chi connectivity index (χ1) is 47.6. The number of nitrogens with zero attached hydrogens (tertiary/aromatic N) is 3. The molecule has 24 heteroatoms. The summed E-state index contributed by atoms with van der Waals surface area (Å²) in [5, 5.41) is 7.09. The summed E-state index contributed by atoms with van der Waals surface area (Å²) in [7, 11) is 0. The number of benzene rings is 7. The number of nitrogens with one attached hydrogen (secondary N) is 1. The van der Waals surface area contributed by atoms with E-state index in [0.29, 0.717) is 28.9 Å². The van der Waals surface area contributed by atoms with Crippen LogP contribution in [0.3, 0.4) is 0 Å². The molecule has 97 heavy (non-hydrogen) atoms. The monoisotopic (exact) mass is 1350 g/mol. The predicted molar refractivity (Wildman–Crippen MR) is 347 cm³/mol. The molecular weight excluding hydrogens is 1270 g/mol. The molecule has 0 unspecified atom stereocenters. The molecular formula is C73H75ClN4O19. The summed E-state index contributed by atoms with van der Waals surface area (Å²) in [4.78, 5) is 60.3. The third kappa shape index (κ3) is 19.4. The Morgan fingerprint density at radius 1 is 0.515 bits per heavy atom. The molecule has 508 valence electrons. The number of hydrogen-bond acceptors (Lipinski definition) is 20. The molecule has 0 saturated carbocycles. The van der Waals surface area contributed by atoms with Gasteiger partial charge in [-0.3, -0.25) is 4.79 Å². The van der Waals surface area contributed by atoms with Crippen LogP contribution in [-0.2, 0) is 132 Å². The number of fused-ring (bicyclic) bond motifs is 2. The van der Waals surface area contributed by atoms with E-state index in [2.05, 4.69) is 15.3 Å². The van der Waals surface area contributed by atoms with Crippen molar-refractivity contribution in [3.05, 3.63) is 262 Å². The van der Waals surface area contributed by atoms with Crippen molar-refractivity contribution in [1.82, 2.24) is 5.32 Å². The second kappa shape index (κ2) is 35.6. The summed E-state index contributed by atoms with van der Waals surface area (Å²) in [5.74, 6) is -3.33. The summed E-state index contributed by atoms with van der Waals surface area (Å²) >= 11 is 6.21. The number of rotatable bonds is 32. The number of halogens is 1. The minimum absolute atomic E-state index is 0.00523. The molecule has 23 nitrogen and oxygen atoms in total. The van der Waals surface area contributed by atoms with E-state index in [-0.39, 0.29) is 52.9 Å². The standard InChI is InChI=1S/C73H75ClN4O19/c1-47-57(76-73(82)90-44-54-35-21-8-22-36-54)59(94-72-67(87-42-52-31-17-6-18-32-52)61(92-56(79)37-74)60(85-40-50-27-13-4-14-28-50)64(97-72)68(80)88-43-53-33-19-7-20-34-53)58(77-78-75)70(91-47)95-62-63-66(86-41-51-29-15-5-16-30-51)71(96-65(62)69(81)93-63)89-46-55(84-39-49-25-11-3-12-26-49)45-83-38-48-23-9-2-10-24-48/h2-36,47,55,57-67,70-72H,37-46H2,1H3,(H,76,82)/t47-,55-,57+,58-,59+,60-,61+,62-,63+,64+,65+,66-,67-,70-,71+,72+/m1/s1. The molecule has 11 rings (SSSR count). The Bertz CT molecular complexity index is 3620. The van der Waals surface area contributed by atoms with Gasteiger partial charge < -0.3 is 76.4 Å². The van der Waals surface area contributed by atoms with Gasteiger partial charge in [0, 0.05) is 4.91 Å². The van der Waals surface area contributed by atoms with E-state index in [1.165, 1.54) is 0 Å². The van der Waals surface area contributed by atoms with Crippen molar-refractivity contribution < 1.29 is 90.2 Å². The summed E-state index contributed by atoms with van der Waals surface area (Å²) in [6, 6.07) is 61.6. The zero-order valence-electron chi connectivity index (χ0n) is 53.0. The number of carbonyl (C=O) groups is 4. The second-order valence-corrected chi connectivity index (χ2v) is 23.6. The van der Waals surface area contributed by atoms with Crippen LogP contribution < -0.4 is 5.32 Å². The van der Waals surface area contributed by atoms with E-state index in [9.17, 15) is 24.7 Å². The lowest BCUT2D eigenvalue weighted by atomic mass is 9.93. The van der Waals surface area contributed by atoms with Crippen LogP contribution in [0.4, 0.5) is 4.79 Å². The van der Waals surface area contributed by atoms with Crippen molar-refractivity contribution in [2.75, 3.05) is 19.1 Å². The number of amides is 1. The van der Waals surface area contributed by atoms with Crippen molar-refractivity contribution in [2.24, 2.45) is 5.11 Å². The van der Waals surface area contributed by atoms with Gasteiger partial charge in [-0.15, -0.1) is 11.6 Å². The lowest BCUT2D eigenvalue weighted by Gasteiger charge is -2.49. The van der Waals surface area contributed by atoms with Crippen molar-refractivity contribution in [2.45, 2.75) is 151 Å². The minimum atomic E-state index is -1.81. The van der Waals surface area contributed by atoms with Crippen LogP contribution in [0, 0.1) is 0 Å². The molecule has 2 bridgehead atoms. The summed E-state index contributed by atoms with van der Waals surface area (Å²) in [6.07, 6.45) is -20.7. The Kier molecular flexibility index (Phi) is 25.6. The number of esters is 3. The van der Waals surface area contributed by atoms with E-state index in [1.807, 2.05) is 140 Å². The smallest absolute Gasteiger partial charge is 0.407 e. The zero-order valence-corrected chi connectivity index (χ0v) is 53.7. The molecule has 1 N–H and O–H groups in total. The van der Waals surface area contributed by atoms with E-state index < -0.39 is 128 Å². The van der Waals surface area contributed by atoms with E-state index in [1.54, 1.807) is 79.7 Å². The van der Waals surface area contributed by atoms with E-state index >= 15 is 0 Å². The Labute approximate surface area is 565 Å². The molecule has 0 spiro atoms. The van der Waals surface area contributed by atoms with Gasteiger partial charge in [0.15, 0.2) is 43.3 Å². The fourth-order valence-corrected chi connectivity index (χ4v) is 11.7. The fourth-order valence-electron chi connectivity index (χ4n) is 11.6. The van der Waals surface area contributed by atoms with Gasteiger partial charge in [0.1, 0.15) is 55.7 Å². The van der Waals surface area contributed by atoms with Crippen LogP contribution in [0.15, 0.2) is 217 Å². The highest BCUT2D eigenvalue weighted by molar-refractivity contribution is 6.26. The van der Waals surface area contributed by atoms with E-state index in [4.69, 9.17) is 82.7 Å². The van der Waals surface area contributed by atoms with Crippen LogP contribution >= 0.6 is 11.6 Å². The Hall–Kier alpha value is -8.62. The largest absolute Gasteiger partial charge is 0.459 e. The number of alkyl halides is 1. The summed E-state index contributed by atoms with van der Waals surface area (Å²) in [6.45, 7) is 1.53. The maximum atomic E-state index is 14.9. The highest BCUT2D eigenvalue weighted by Gasteiger charge is 2.62. The average Bonchev–Trinajstić information content (AvgIpc) is 1.71. The van der Waals surface area contributed by atoms with Crippen molar-refractivity contribution >= 4 is 35.6 Å². The van der Waals surface area contributed by atoms with E-state index in [0.717, 1.165) is 16.7 Å². The molecule has 4 aliphatic heterocycles. The second-order valence-electron chi connectivity index (χ2n) is 23.3. The first-order valence-corrected chi connectivity index (χ1v) is 32.4.